The molecule has 1 aromatic rings. The molecule has 0 spiro atoms. The van der Waals surface area contributed by atoms with Crippen LogP contribution in [0.3, 0.4) is 0 Å². The van der Waals surface area contributed by atoms with Crippen molar-refractivity contribution in [2.24, 2.45) is 4.99 Å². The summed E-state index contributed by atoms with van der Waals surface area (Å²) in [7, 11) is -0.443. The number of hydrogen-bond acceptors (Lipinski definition) is 7. The standard InChI is InChI=1S/C26H49N3O4Si/c1-22(2)34(23(3)4,32-19-17-30-15-13-27-7)33-20-18-31-16-14-28-24(5)25(6)29-21-26-11-9-8-10-12-26/h8-12,22-24,27-28H,13-21H2,1-7H3/b29-25+. The van der Waals surface area contributed by atoms with Gasteiger partial charge in [0.2, 0.25) is 0 Å². The second kappa shape index (κ2) is 18.2. The van der Waals surface area contributed by atoms with E-state index in [0.717, 1.165) is 18.8 Å². The summed E-state index contributed by atoms with van der Waals surface area (Å²) in [6.07, 6.45) is 0. The number of benzene rings is 1. The lowest BCUT2D eigenvalue weighted by Gasteiger charge is -2.37. The van der Waals surface area contributed by atoms with Crippen molar-refractivity contribution in [2.75, 3.05) is 59.8 Å². The Morgan fingerprint density at radius 3 is 1.91 bits per heavy atom. The molecular formula is C26H49N3O4Si. The van der Waals surface area contributed by atoms with E-state index in [4.69, 9.17) is 23.3 Å². The smallest absolute Gasteiger partial charge is 0.343 e. The van der Waals surface area contributed by atoms with Gasteiger partial charge >= 0.3 is 8.56 Å². The Balaban J connectivity index is 2.29. The van der Waals surface area contributed by atoms with Crippen LogP contribution in [0.25, 0.3) is 0 Å². The molecule has 8 heteroatoms. The quantitative estimate of drug-likeness (QED) is 0.161. The normalized spacial score (nSPS) is 13.7. The molecule has 196 valence electrons. The second-order valence-corrected chi connectivity index (χ2v) is 13.5. The molecule has 7 nitrogen and oxygen atoms in total. The minimum absolute atomic E-state index is 0.217. The van der Waals surface area contributed by atoms with Gasteiger partial charge in [0.15, 0.2) is 0 Å². The molecule has 0 amide bonds. The molecule has 0 aliphatic heterocycles. The molecule has 0 saturated carbocycles. The highest BCUT2D eigenvalue weighted by atomic mass is 28.4. The molecule has 0 radical (unpaired) electrons. The SMILES string of the molecule is CNCCOCCO[Si](OCCOCCNC(C)/C(C)=N/Cc1ccccc1)(C(C)C)C(C)C. The molecule has 0 heterocycles. The van der Waals surface area contributed by atoms with Gasteiger partial charge in [-0.3, -0.25) is 4.99 Å². The fourth-order valence-electron chi connectivity index (χ4n) is 3.71. The van der Waals surface area contributed by atoms with Gasteiger partial charge in [-0.05, 0) is 37.5 Å². The minimum atomic E-state index is -2.36. The zero-order chi connectivity index (χ0) is 25.2. The molecule has 2 N–H and O–H groups in total. The molecule has 34 heavy (non-hydrogen) atoms. The van der Waals surface area contributed by atoms with Crippen LogP contribution < -0.4 is 10.6 Å². The van der Waals surface area contributed by atoms with E-state index in [0.29, 0.717) is 57.3 Å². The second-order valence-electron chi connectivity index (χ2n) is 9.18. The molecule has 1 unspecified atom stereocenters. The number of likely N-dealkylation sites (N-methyl/N-ethyl adjacent to an activating group) is 1. The van der Waals surface area contributed by atoms with Crippen LogP contribution in [0.2, 0.25) is 11.1 Å². The monoisotopic (exact) mass is 495 g/mol. The van der Waals surface area contributed by atoms with Gasteiger partial charge in [-0.1, -0.05) is 58.0 Å². The Morgan fingerprint density at radius 1 is 0.824 bits per heavy atom. The van der Waals surface area contributed by atoms with Crippen LogP contribution in [0.1, 0.15) is 47.1 Å². The molecule has 0 aliphatic rings. The summed E-state index contributed by atoms with van der Waals surface area (Å²) in [5, 5.41) is 6.56. The number of ether oxygens (including phenoxy) is 2. The van der Waals surface area contributed by atoms with Crippen molar-refractivity contribution in [1.82, 2.24) is 10.6 Å². The Hall–Kier alpha value is -1.13. The summed E-state index contributed by atoms with van der Waals surface area (Å²) in [5.74, 6) is 0. The Bertz CT molecular complexity index is 651. The third-order valence-corrected chi connectivity index (χ3v) is 10.4. The van der Waals surface area contributed by atoms with Gasteiger partial charge in [-0.15, -0.1) is 0 Å². The lowest BCUT2D eigenvalue weighted by molar-refractivity contribution is 0.0548. The van der Waals surface area contributed by atoms with Gasteiger partial charge in [0.05, 0.1) is 46.2 Å². The van der Waals surface area contributed by atoms with E-state index in [-0.39, 0.29) is 6.04 Å². The first-order valence-corrected chi connectivity index (χ1v) is 14.7. The van der Waals surface area contributed by atoms with Crippen molar-refractivity contribution in [3.05, 3.63) is 35.9 Å². The summed E-state index contributed by atoms with van der Waals surface area (Å²) in [4.78, 5) is 4.70. The highest BCUT2D eigenvalue weighted by Gasteiger charge is 2.44. The largest absolute Gasteiger partial charge is 0.391 e. The predicted molar refractivity (Wildman–Crippen MR) is 144 cm³/mol. The molecular weight excluding hydrogens is 446 g/mol. The third-order valence-electron chi connectivity index (χ3n) is 5.89. The van der Waals surface area contributed by atoms with Crippen LogP contribution >= 0.6 is 0 Å². The van der Waals surface area contributed by atoms with Crippen LogP contribution in [0.15, 0.2) is 35.3 Å². The molecule has 0 saturated heterocycles. The van der Waals surface area contributed by atoms with E-state index >= 15 is 0 Å². The van der Waals surface area contributed by atoms with Crippen molar-refractivity contribution in [1.29, 1.82) is 0 Å². The maximum absolute atomic E-state index is 6.40. The lowest BCUT2D eigenvalue weighted by Crippen LogP contribution is -2.49. The fourth-order valence-corrected chi connectivity index (χ4v) is 7.26. The van der Waals surface area contributed by atoms with Gasteiger partial charge < -0.3 is 29.0 Å². The van der Waals surface area contributed by atoms with Gasteiger partial charge in [0.25, 0.3) is 0 Å². The molecule has 0 aromatic heterocycles. The number of hydrogen-bond donors (Lipinski definition) is 2. The van der Waals surface area contributed by atoms with Crippen LogP contribution in [-0.4, -0.2) is 80.1 Å². The first-order chi connectivity index (χ1) is 16.3. The highest BCUT2D eigenvalue weighted by Crippen LogP contribution is 2.34. The van der Waals surface area contributed by atoms with E-state index in [1.807, 2.05) is 25.2 Å². The number of nitrogens with one attached hydrogen (secondary N) is 2. The lowest BCUT2D eigenvalue weighted by atomic mass is 10.2. The molecule has 0 bridgehead atoms. The Morgan fingerprint density at radius 2 is 1.38 bits per heavy atom. The van der Waals surface area contributed by atoms with Gasteiger partial charge in [0, 0.05) is 24.8 Å². The van der Waals surface area contributed by atoms with E-state index in [1.165, 1.54) is 5.56 Å². The molecule has 0 fully saturated rings. The Kier molecular flexibility index (Phi) is 16.5. The van der Waals surface area contributed by atoms with Crippen molar-refractivity contribution in [2.45, 2.75) is 65.2 Å². The predicted octanol–water partition coefficient (Wildman–Crippen LogP) is 4.17. The van der Waals surface area contributed by atoms with Gasteiger partial charge in [-0.2, -0.15) is 0 Å². The summed E-state index contributed by atoms with van der Waals surface area (Å²) in [6, 6.07) is 10.5. The summed E-state index contributed by atoms with van der Waals surface area (Å²) in [5.41, 5.74) is 3.03. The van der Waals surface area contributed by atoms with Crippen molar-refractivity contribution < 1.29 is 18.3 Å². The fraction of sp³-hybridized carbons (Fsp3) is 0.731. The van der Waals surface area contributed by atoms with E-state index in [2.05, 4.69) is 64.3 Å². The maximum atomic E-state index is 6.40. The molecule has 1 aromatic carbocycles. The number of nitrogens with zero attached hydrogens (tertiary/aromatic N) is 1. The van der Waals surface area contributed by atoms with Crippen LogP contribution in [0, 0.1) is 0 Å². The van der Waals surface area contributed by atoms with E-state index in [9.17, 15) is 0 Å². The highest BCUT2D eigenvalue weighted by molar-refractivity contribution is 6.70. The van der Waals surface area contributed by atoms with Crippen LogP contribution in [0.4, 0.5) is 0 Å². The first-order valence-electron chi connectivity index (χ1n) is 12.7. The average molecular weight is 496 g/mol. The molecule has 1 atom stereocenters. The first kappa shape index (κ1) is 30.9. The number of rotatable bonds is 20. The minimum Gasteiger partial charge on any atom is -0.391 e. The maximum Gasteiger partial charge on any atom is 0.343 e. The molecule has 0 aliphatic carbocycles. The topological polar surface area (TPSA) is 73.3 Å². The zero-order valence-electron chi connectivity index (χ0n) is 22.6. The summed E-state index contributed by atoms with van der Waals surface area (Å²) in [6.45, 7) is 18.9. The van der Waals surface area contributed by atoms with Crippen molar-refractivity contribution in [3.63, 3.8) is 0 Å². The summed E-state index contributed by atoms with van der Waals surface area (Å²) < 4.78 is 24.2. The van der Waals surface area contributed by atoms with Crippen molar-refractivity contribution in [3.8, 4) is 0 Å². The molecule has 1 rings (SSSR count). The van der Waals surface area contributed by atoms with E-state index in [1.54, 1.807) is 0 Å². The van der Waals surface area contributed by atoms with Gasteiger partial charge in [0.1, 0.15) is 0 Å². The Labute approximate surface area is 209 Å². The third kappa shape index (κ3) is 12.0. The summed E-state index contributed by atoms with van der Waals surface area (Å²) >= 11 is 0. The van der Waals surface area contributed by atoms with Crippen molar-refractivity contribution >= 4 is 14.3 Å². The average Bonchev–Trinajstić information content (AvgIpc) is 2.82. The van der Waals surface area contributed by atoms with Crippen LogP contribution in [-0.2, 0) is 24.9 Å². The number of aliphatic imine (C=N–C) groups is 1. The van der Waals surface area contributed by atoms with Gasteiger partial charge in [-0.25, -0.2) is 0 Å². The van der Waals surface area contributed by atoms with Crippen LogP contribution in [0.5, 0.6) is 0 Å². The van der Waals surface area contributed by atoms with E-state index < -0.39 is 8.56 Å². The zero-order valence-corrected chi connectivity index (χ0v) is 23.6.